The first-order valence-corrected chi connectivity index (χ1v) is 7.52. The van der Waals surface area contributed by atoms with E-state index in [1.807, 2.05) is 43.3 Å². The van der Waals surface area contributed by atoms with Gasteiger partial charge in [0.2, 0.25) is 0 Å². The lowest BCUT2D eigenvalue weighted by Gasteiger charge is -2.24. The zero-order valence-electron chi connectivity index (χ0n) is 13.1. The summed E-state index contributed by atoms with van der Waals surface area (Å²) in [7, 11) is 0. The van der Waals surface area contributed by atoms with Crippen LogP contribution in [0.1, 0.15) is 34.8 Å². The normalized spacial score (nSPS) is 10.4. The Labute approximate surface area is 127 Å². The fourth-order valence-electron chi connectivity index (χ4n) is 2.49. The number of aryl methyl sites for hydroxylation is 2. The van der Waals surface area contributed by atoms with Crippen LogP contribution in [0.2, 0.25) is 0 Å². The Hall–Kier alpha value is -2.09. The molecule has 0 atom stereocenters. The van der Waals surface area contributed by atoms with E-state index in [1.54, 1.807) is 0 Å². The van der Waals surface area contributed by atoms with Crippen molar-refractivity contribution < 1.29 is 4.79 Å². The lowest BCUT2D eigenvalue weighted by Crippen LogP contribution is -2.26. The Bertz CT molecular complexity index is 601. The largest absolute Gasteiger partial charge is 0.371 e. The molecule has 0 aromatic heterocycles. The van der Waals surface area contributed by atoms with Gasteiger partial charge in [-0.3, -0.25) is 4.79 Å². The first-order valence-electron chi connectivity index (χ1n) is 7.52. The Morgan fingerprint density at radius 3 is 2.29 bits per heavy atom. The third-order valence-electron chi connectivity index (χ3n) is 3.82. The molecule has 0 saturated carbocycles. The van der Waals surface area contributed by atoms with E-state index in [0.717, 1.165) is 18.7 Å². The summed E-state index contributed by atoms with van der Waals surface area (Å²) in [6.45, 7) is 7.94. The van der Waals surface area contributed by atoms with Crippen molar-refractivity contribution in [3.05, 3.63) is 65.2 Å². The molecule has 0 bridgehead atoms. The van der Waals surface area contributed by atoms with Gasteiger partial charge in [0, 0.05) is 30.8 Å². The van der Waals surface area contributed by atoms with Crippen LogP contribution in [0.5, 0.6) is 0 Å². The van der Waals surface area contributed by atoms with E-state index in [4.69, 9.17) is 0 Å². The second-order valence-corrected chi connectivity index (χ2v) is 5.41. The van der Waals surface area contributed by atoms with E-state index >= 15 is 0 Å². The number of anilines is 1. The Morgan fingerprint density at radius 1 is 1.00 bits per heavy atom. The molecule has 0 aliphatic rings. The summed E-state index contributed by atoms with van der Waals surface area (Å²) in [5.41, 5.74) is 4.46. The number of benzene rings is 2. The van der Waals surface area contributed by atoms with Crippen LogP contribution in [0.25, 0.3) is 0 Å². The zero-order valence-corrected chi connectivity index (χ0v) is 13.1. The molecule has 0 radical (unpaired) electrons. The van der Waals surface area contributed by atoms with Gasteiger partial charge in [0.1, 0.15) is 0 Å². The van der Waals surface area contributed by atoms with Gasteiger partial charge in [0.15, 0.2) is 5.78 Å². The number of carbonyl (C=O) groups excluding carboxylic acids is 1. The summed E-state index contributed by atoms with van der Waals surface area (Å²) in [6.07, 6.45) is 0.547. The Kier molecular flexibility index (Phi) is 5.15. The molecular formula is C19H23NO. The Balaban J connectivity index is 2.02. The zero-order chi connectivity index (χ0) is 15.2. The van der Waals surface area contributed by atoms with Gasteiger partial charge in [0.05, 0.1) is 0 Å². The van der Waals surface area contributed by atoms with Gasteiger partial charge in [-0.1, -0.05) is 48.0 Å². The molecule has 0 fully saturated rings. The average Bonchev–Trinajstić information content (AvgIpc) is 2.50. The molecule has 0 saturated heterocycles. The fourth-order valence-corrected chi connectivity index (χ4v) is 2.49. The number of hydrogen-bond acceptors (Lipinski definition) is 2. The smallest absolute Gasteiger partial charge is 0.164 e. The summed E-state index contributed by atoms with van der Waals surface area (Å²) in [6, 6.07) is 16.1. The summed E-state index contributed by atoms with van der Waals surface area (Å²) < 4.78 is 0. The quantitative estimate of drug-likeness (QED) is 0.731. The molecule has 2 aromatic rings. The third kappa shape index (κ3) is 3.94. The minimum absolute atomic E-state index is 0.210. The lowest BCUT2D eigenvalue weighted by atomic mass is 10.1. The minimum Gasteiger partial charge on any atom is -0.371 e. The number of rotatable bonds is 6. The van der Waals surface area contributed by atoms with Crippen molar-refractivity contribution in [2.75, 3.05) is 18.0 Å². The van der Waals surface area contributed by atoms with Crippen molar-refractivity contribution in [1.82, 2.24) is 0 Å². The van der Waals surface area contributed by atoms with Crippen molar-refractivity contribution in [1.29, 1.82) is 0 Å². The van der Waals surface area contributed by atoms with Crippen molar-refractivity contribution in [2.45, 2.75) is 27.2 Å². The molecule has 110 valence electrons. The number of nitrogens with zero attached hydrogens (tertiary/aromatic N) is 1. The van der Waals surface area contributed by atoms with Gasteiger partial charge in [-0.2, -0.15) is 0 Å². The van der Waals surface area contributed by atoms with Crippen LogP contribution in [0.4, 0.5) is 5.69 Å². The highest BCUT2D eigenvalue weighted by atomic mass is 16.1. The van der Waals surface area contributed by atoms with E-state index in [2.05, 4.69) is 30.9 Å². The van der Waals surface area contributed by atoms with Crippen LogP contribution in [0.3, 0.4) is 0 Å². The second-order valence-electron chi connectivity index (χ2n) is 5.41. The molecule has 2 nitrogen and oxygen atoms in total. The highest BCUT2D eigenvalue weighted by molar-refractivity contribution is 5.96. The van der Waals surface area contributed by atoms with Gasteiger partial charge < -0.3 is 4.90 Å². The van der Waals surface area contributed by atoms with Crippen molar-refractivity contribution in [3.8, 4) is 0 Å². The highest BCUT2D eigenvalue weighted by Gasteiger charge is 2.11. The molecule has 0 N–H and O–H groups in total. The predicted octanol–water partition coefficient (Wildman–Crippen LogP) is 4.40. The van der Waals surface area contributed by atoms with Crippen LogP contribution < -0.4 is 4.90 Å². The molecule has 0 heterocycles. The number of Topliss-reactive ketones (excluding diaryl/α,β-unsaturated/α-hetero) is 1. The summed E-state index contributed by atoms with van der Waals surface area (Å²) in [4.78, 5) is 14.5. The molecule has 0 unspecified atom stereocenters. The van der Waals surface area contributed by atoms with Gasteiger partial charge in [-0.05, 0) is 32.4 Å². The topological polar surface area (TPSA) is 20.3 Å². The first-order chi connectivity index (χ1) is 10.1. The van der Waals surface area contributed by atoms with E-state index in [9.17, 15) is 4.79 Å². The minimum atomic E-state index is 0.210. The molecule has 0 spiro atoms. The van der Waals surface area contributed by atoms with Crippen molar-refractivity contribution >= 4 is 11.5 Å². The molecule has 0 aliphatic heterocycles. The summed E-state index contributed by atoms with van der Waals surface area (Å²) >= 11 is 0. The maximum atomic E-state index is 12.3. The molecule has 0 amide bonds. The van der Waals surface area contributed by atoms with E-state index in [0.29, 0.717) is 6.42 Å². The molecule has 2 rings (SSSR count). The average molecular weight is 281 g/mol. The van der Waals surface area contributed by atoms with E-state index in [-0.39, 0.29) is 5.78 Å². The van der Waals surface area contributed by atoms with Crippen molar-refractivity contribution in [2.24, 2.45) is 0 Å². The first kappa shape index (κ1) is 15.3. The van der Waals surface area contributed by atoms with Crippen LogP contribution in [0, 0.1) is 13.8 Å². The maximum absolute atomic E-state index is 12.3. The Morgan fingerprint density at radius 2 is 1.67 bits per heavy atom. The predicted molar refractivity (Wildman–Crippen MR) is 89.2 cm³/mol. The molecule has 2 heteroatoms. The van der Waals surface area contributed by atoms with Crippen LogP contribution in [0.15, 0.2) is 48.5 Å². The summed E-state index contributed by atoms with van der Waals surface area (Å²) in [5.74, 6) is 0.210. The molecular weight excluding hydrogens is 258 g/mol. The monoisotopic (exact) mass is 281 g/mol. The van der Waals surface area contributed by atoms with Gasteiger partial charge in [-0.25, -0.2) is 0 Å². The SMILES string of the molecule is CCN(CCC(=O)c1ccc(C)cc1)c1ccccc1C. The summed E-state index contributed by atoms with van der Waals surface area (Å²) in [5, 5.41) is 0. The van der Waals surface area contributed by atoms with Gasteiger partial charge in [-0.15, -0.1) is 0 Å². The highest BCUT2D eigenvalue weighted by Crippen LogP contribution is 2.19. The van der Waals surface area contributed by atoms with E-state index in [1.165, 1.54) is 16.8 Å². The maximum Gasteiger partial charge on any atom is 0.164 e. The van der Waals surface area contributed by atoms with Crippen LogP contribution in [-0.4, -0.2) is 18.9 Å². The number of para-hydroxylation sites is 1. The van der Waals surface area contributed by atoms with E-state index < -0.39 is 0 Å². The third-order valence-corrected chi connectivity index (χ3v) is 3.82. The lowest BCUT2D eigenvalue weighted by molar-refractivity contribution is 0.0984. The number of carbonyl (C=O) groups is 1. The molecule has 2 aromatic carbocycles. The molecule has 0 aliphatic carbocycles. The standard InChI is InChI=1S/C19H23NO/c1-4-20(18-8-6-5-7-16(18)3)14-13-19(21)17-11-9-15(2)10-12-17/h5-12H,4,13-14H2,1-3H3. The van der Waals surface area contributed by atoms with Crippen LogP contribution >= 0.6 is 0 Å². The number of ketones is 1. The fraction of sp³-hybridized carbons (Fsp3) is 0.316. The number of hydrogen-bond donors (Lipinski definition) is 0. The molecule has 21 heavy (non-hydrogen) atoms. The van der Waals surface area contributed by atoms with Crippen molar-refractivity contribution in [3.63, 3.8) is 0 Å². The van der Waals surface area contributed by atoms with Gasteiger partial charge in [0.25, 0.3) is 0 Å². The van der Waals surface area contributed by atoms with Crippen LogP contribution in [-0.2, 0) is 0 Å². The second kappa shape index (κ2) is 7.07. The van der Waals surface area contributed by atoms with Gasteiger partial charge >= 0.3 is 0 Å².